The molecule has 4 rings (SSSR count). The van der Waals surface area contributed by atoms with E-state index in [2.05, 4.69) is 47.9 Å². The molecular formula is C26H41N3OS. The summed E-state index contributed by atoms with van der Waals surface area (Å²) in [5.74, 6) is 0.930. The van der Waals surface area contributed by atoms with Gasteiger partial charge in [-0.1, -0.05) is 25.0 Å². The van der Waals surface area contributed by atoms with Crippen LogP contribution in [0.25, 0.3) is 0 Å². The van der Waals surface area contributed by atoms with E-state index in [4.69, 9.17) is 5.73 Å². The number of thioether (sulfide) groups is 1. The minimum atomic E-state index is 0.0558. The fourth-order valence-electron chi connectivity index (χ4n) is 5.94. The number of unbranched alkanes of at least 4 members (excludes halogenated alkanes) is 2. The molecule has 2 N–H and O–H groups in total. The van der Waals surface area contributed by atoms with E-state index in [9.17, 15) is 4.79 Å². The van der Waals surface area contributed by atoms with Gasteiger partial charge < -0.3 is 10.6 Å². The van der Waals surface area contributed by atoms with Crippen LogP contribution in [0.5, 0.6) is 0 Å². The third kappa shape index (κ3) is 5.66. The summed E-state index contributed by atoms with van der Waals surface area (Å²) in [4.78, 5) is 19.5. The van der Waals surface area contributed by atoms with Gasteiger partial charge in [0.05, 0.1) is 10.9 Å². The molecule has 2 aliphatic heterocycles. The Labute approximate surface area is 193 Å². The molecule has 5 heteroatoms. The number of anilines is 1. The zero-order chi connectivity index (χ0) is 21.8. The lowest BCUT2D eigenvalue weighted by molar-refractivity contribution is -0.118. The normalized spacial score (nSPS) is 31.8. The Balaban J connectivity index is 1.31. The highest BCUT2D eigenvalue weighted by molar-refractivity contribution is 8.01. The molecule has 5 atom stereocenters. The van der Waals surface area contributed by atoms with E-state index in [-0.39, 0.29) is 5.25 Å². The van der Waals surface area contributed by atoms with Crippen molar-refractivity contribution in [3.63, 3.8) is 0 Å². The van der Waals surface area contributed by atoms with Gasteiger partial charge in [0.1, 0.15) is 0 Å². The summed E-state index contributed by atoms with van der Waals surface area (Å²) in [7, 11) is 0. The molecule has 4 nitrogen and oxygen atoms in total. The van der Waals surface area contributed by atoms with Crippen LogP contribution in [-0.2, 0) is 4.79 Å². The molecule has 3 unspecified atom stereocenters. The molecule has 1 aromatic carbocycles. The zero-order valence-electron chi connectivity index (χ0n) is 19.5. The van der Waals surface area contributed by atoms with E-state index in [0.29, 0.717) is 17.9 Å². The van der Waals surface area contributed by atoms with Crippen molar-refractivity contribution in [2.75, 3.05) is 18.0 Å². The molecule has 1 saturated carbocycles. The second kappa shape index (κ2) is 10.7. The van der Waals surface area contributed by atoms with Crippen LogP contribution in [0.4, 0.5) is 5.69 Å². The predicted octanol–water partition coefficient (Wildman–Crippen LogP) is 5.44. The molecule has 31 heavy (non-hydrogen) atoms. The lowest BCUT2D eigenvalue weighted by atomic mass is 9.97. The molecule has 2 heterocycles. The van der Waals surface area contributed by atoms with Crippen molar-refractivity contribution in [1.82, 2.24) is 4.90 Å². The standard InChI is InChI=1S/C26H41N3OS/c1-19-9-8-10-20(2)28(19)15-6-3-7-16-29-23-11-4-5-12-24(23)31-25(26(29)30)18-21-13-14-22(27)17-21/h4-5,11-12,19-22,25H,3,6-10,13-18,27H2,1-2H3/t19-,20+,21?,22?,25?. The molecule has 0 spiro atoms. The molecule has 0 radical (unpaired) electrons. The van der Waals surface area contributed by atoms with Crippen LogP contribution in [-0.4, -0.2) is 47.3 Å². The molecule has 2 fully saturated rings. The highest BCUT2D eigenvalue weighted by Crippen LogP contribution is 2.43. The quantitative estimate of drug-likeness (QED) is 0.543. The monoisotopic (exact) mass is 443 g/mol. The van der Waals surface area contributed by atoms with Gasteiger partial charge in [-0.15, -0.1) is 11.8 Å². The maximum atomic E-state index is 13.4. The van der Waals surface area contributed by atoms with Gasteiger partial charge in [0.2, 0.25) is 5.91 Å². The smallest absolute Gasteiger partial charge is 0.240 e. The Morgan fingerprint density at radius 2 is 1.74 bits per heavy atom. The Morgan fingerprint density at radius 3 is 2.48 bits per heavy atom. The largest absolute Gasteiger partial charge is 0.328 e. The predicted molar refractivity (Wildman–Crippen MR) is 132 cm³/mol. The van der Waals surface area contributed by atoms with E-state index < -0.39 is 0 Å². The van der Waals surface area contributed by atoms with Gasteiger partial charge >= 0.3 is 0 Å². The minimum Gasteiger partial charge on any atom is -0.328 e. The van der Waals surface area contributed by atoms with E-state index in [1.807, 2.05) is 0 Å². The van der Waals surface area contributed by atoms with Gasteiger partial charge in [-0.3, -0.25) is 9.69 Å². The lowest BCUT2D eigenvalue weighted by Gasteiger charge is -2.39. The number of likely N-dealkylation sites (tertiary alicyclic amines) is 1. The van der Waals surface area contributed by atoms with Gasteiger partial charge in [0.25, 0.3) is 0 Å². The third-order valence-electron chi connectivity index (χ3n) is 7.77. The van der Waals surface area contributed by atoms with Crippen molar-refractivity contribution in [2.24, 2.45) is 11.7 Å². The van der Waals surface area contributed by atoms with Gasteiger partial charge in [0, 0.05) is 29.6 Å². The van der Waals surface area contributed by atoms with Crippen LogP contribution in [0, 0.1) is 5.92 Å². The number of hydrogen-bond donors (Lipinski definition) is 1. The van der Waals surface area contributed by atoms with Gasteiger partial charge in [-0.05, 0) is 89.8 Å². The minimum absolute atomic E-state index is 0.0558. The summed E-state index contributed by atoms with van der Waals surface area (Å²) >= 11 is 1.78. The van der Waals surface area contributed by atoms with Crippen LogP contribution < -0.4 is 10.6 Å². The summed E-state index contributed by atoms with van der Waals surface area (Å²) in [6.07, 6.45) is 11.9. The lowest BCUT2D eigenvalue weighted by Crippen LogP contribution is -2.44. The maximum absolute atomic E-state index is 13.4. The van der Waals surface area contributed by atoms with E-state index in [0.717, 1.165) is 50.0 Å². The Morgan fingerprint density at radius 1 is 1.00 bits per heavy atom. The summed E-state index contributed by atoms with van der Waals surface area (Å²) in [6, 6.07) is 10.3. The first-order valence-electron chi connectivity index (χ1n) is 12.6. The second-order valence-electron chi connectivity index (χ2n) is 10.2. The number of amides is 1. The Hall–Kier alpha value is -1.04. The van der Waals surface area contributed by atoms with Crippen LogP contribution in [0.2, 0.25) is 0 Å². The molecule has 1 saturated heterocycles. The van der Waals surface area contributed by atoms with Crippen LogP contribution in [0.15, 0.2) is 29.2 Å². The van der Waals surface area contributed by atoms with Crippen molar-refractivity contribution in [3.8, 4) is 0 Å². The van der Waals surface area contributed by atoms with E-state index in [1.165, 1.54) is 50.0 Å². The molecule has 1 aliphatic carbocycles. The number of nitrogens with two attached hydrogens (primary N) is 1. The number of carbonyl (C=O) groups excluding carboxylic acids is 1. The Bertz CT molecular complexity index is 731. The first kappa shape index (κ1) is 23.1. The molecule has 0 aromatic heterocycles. The first-order chi connectivity index (χ1) is 15.0. The van der Waals surface area contributed by atoms with Crippen LogP contribution in [0.3, 0.4) is 0 Å². The van der Waals surface area contributed by atoms with Gasteiger partial charge in [-0.25, -0.2) is 0 Å². The number of para-hydroxylation sites is 1. The first-order valence-corrected chi connectivity index (χ1v) is 13.5. The highest BCUT2D eigenvalue weighted by atomic mass is 32.2. The van der Waals surface area contributed by atoms with Gasteiger partial charge in [0.15, 0.2) is 0 Å². The van der Waals surface area contributed by atoms with Crippen molar-refractivity contribution in [2.45, 2.75) is 106 Å². The number of benzene rings is 1. The van der Waals surface area contributed by atoms with Crippen molar-refractivity contribution >= 4 is 23.4 Å². The number of piperidine rings is 1. The van der Waals surface area contributed by atoms with E-state index in [1.54, 1.807) is 11.8 Å². The number of nitrogens with zero attached hydrogens (tertiary/aromatic N) is 2. The molecular weight excluding hydrogens is 402 g/mol. The van der Waals surface area contributed by atoms with Crippen molar-refractivity contribution in [1.29, 1.82) is 0 Å². The molecule has 0 bridgehead atoms. The SMILES string of the molecule is C[C@@H]1CCC[C@H](C)N1CCCCCN1C(=O)C(CC2CCC(N)C2)Sc2ccccc21. The molecule has 3 aliphatic rings. The second-order valence-corrected chi connectivity index (χ2v) is 11.4. The number of hydrogen-bond acceptors (Lipinski definition) is 4. The Kier molecular flexibility index (Phi) is 8.00. The van der Waals surface area contributed by atoms with Crippen molar-refractivity contribution in [3.05, 3.63) is 24.3 Å². The summed E-state index contributed by atoms with van der Waals surface area (Å²) < 4.78 is 0. The van der Waals surface area contributed by atoms with E-state index >= 15 is 0 Å². The molecule has 172 valence electrons. The summed E-state index contributed by atoms with van der Waals surface area (Å²) in [5, 5.41) is 0.0558. The van der Waals surface area contributed by atoms with Crippen molar-refractivity contribution < 1.29 is 4.79 Å². The average Bonchev–Trinajstić information content (AvgIpc) is 3.16. The van der Waals surface area contributed by atoms with Gasteiger partial charge in [-0.2, -0.15) is 0 Å². The molecule has 1 amide bonds. The molecule has 1 aromatic rings. The maximum Gasteiger partial charge on any atom is 0.240 e. The fourth-order valence-corrected chi connectivity index (χ4v) is 7.30. The number of fused-ring (bicyclic) bond motifs is 1. The summed E-state index contributed by atoms with van der Waals surface area (Å²) in [5.41, 5.74) is 7.25. The number of carbonyl (C=O) groups is 1. The third-order valence-corrected chi connectivity index (χ3v) is 9.05. The summed E-state index contributed by atoms with van der Waals surface area (Å²) in [6.45, 7) is 6.82. The number of rotatable bonds is 8. The zero-order valence-corrected chi connectivity index (χ0v) is 20.3. The van der Waals surface area contributed by atoms with Crippen LogP contribution >= 0.6 is 11.8 Å². The average molecular weight is 444 g/mol. The highest BCUT2D eigenvalue weighted by Gasteiger charge is 2.36. The van der Waals surface area contributed by atoms with Crippen LogP contribution in [0.1, 0.15) is 78.1 Å². The fraction of sp³-hybridized carbons (Fsp3) is 0.731. The topological polar surface area (TPSA) is 49.6 Å².